The Hall–Kier alpha value is -2.57. The zero-order valence-corrected chi connectivity index (χ0v) is 19.3. The maximum Gasteiger partial charge on any atom is 0.262 e. The molecule has 166 valence electrons. The number of unbranched alkanes of at least 4 members (excludes halogenated alkanes) is 1. The maximum atomic E-state index is 12.6. The molecule has 2 aromatic rings. The largest absolute Gasteiger partial charge is 0.493 e. The van der Waals surface area contributed by atoms with E-state index in [0.717, 1.165) is 18.4 Å². The predicted molar refractivity (Wildman–Crippen MR) is 125 cm³/mol. The van der Waals surface area contributed by atoms with Gasteiger partial charge in [-0.25, -0.2) is 5.43 Å². The van der Waals surface area contributed by atoms with Crippen LogP contribution in [0.4, 0.5) is 0 Å². The van der Waals surface area contributed by atoms with Crippen LogP contribution in [0.5, 0.6) is 5.75 Å². The van der Waals surface area contributed by atoms with Crippen LogP contribution in [0.15, 0.2) is 47.6 Å². The molecule has 0 saturated carbocycles. The SMILES string of the molecule is CCCCOc1ccccc1/C=N/NC(=O)C(NC(=O)c1ccc(Cl)c(Cl)c1)C(C)C. The summed E-state index contributed by atoms with van der Waals surface area (Å²) >= 11 is 11.9. The van der Waals surface area contributed by atoms with Crippen LogP contribution in [0.2, 0.25) is 10.0 Å². The number of nitrogens with zero attached hydrogens (tertiary/aromatic N) is 1. The molecule has 2 N–H and O–H groups in total. The molecule has 6 nitrogen and oxygen atoms in total. The highest BCUT2D eigenvalue weighted by molar-refractivity contribution is 6.42. The fourth-order valence-corrected chi connectivity index (χ4v) is 2.98. The summed E-state index contributed by atoms with van der Waals surface area (Å²) in [7, 11) is 0. The van der Waals surface area contributed by atoms with Crippen molar-refractivity contribution in [2.75, 3.05) is 6.61 Å². The van der Waals surface area contributed by atoms with E-state index in [0.29, 0.717) is 22.9 Å². The van der Waals surface area contributed by atoms with Crippen molar-refractivity contribution >= 4 is 41.2 Å². The summed E-state index contributed by atoms with van der Waals surface area (Å²) in [5.74, 6) is -0.316. The molecule has 2 amide bonds. The summed E-state index contributed by atoms with van der Waals surface area (Å²) in [6, 6.07) is 11.2. The minimum Gasteiger partial charge on any atom is -0.493 e. The number of carbonyl (C=O) groups is 2. The number of carbonyl (C=O) groups excluding carboxylic acids is 2. The van der Waals surface area contributed by atoms with Gasteiger partial charge in [-0.2, -0.15) is 5.10 Å². The Labute approximate surface area is 193 Å². The molecule has 0 aliphatic carbocycles. The van der Waals surface area contributed by atoms with Gasteiger partial charge in [-0.3, -0.25) is 9.59 Å². The third kappa shape index (κ3) is 7.56. The minimum atomic E-state index is -0.782. The molecule has 0 aliphatic rings. The molecule has 1 unspecified atom stereocenters. The molecule has 0 bridgehead atoms. The molecular formula is C23H27Cl2N3O3. The van der Waals surface area contributed by atoms with Crippen molar-refractivity contribution in [1.82, 2.24) is 10.7 Å². The van der Waals surface area contributed by atoms with Crippen LogP contribution >= 0.6 is 23.2 Å². The second kappa shape index (κ2) is 12.3. The van der Waals surface area contributed by atoms with Crippen molar-refractivity contribution in [3.8, 4) is 5.75 Å². The highest BCUT2D eigenvalue weighted by Gasteiger charge is 2.24. The van der Waals surface area contributed by atoms with Gasteiger partial charge in [-0.1, -0.05) is 62.5 Å². The number of hydrogen-bond donors (Lipinski definition) is 2. The lowest BCUT2D eigenvalue weighted by molar-refractivity contribution is -0.123. The summed E-state index contributed by atoms with van der Waals surface area (Å²) in [5.41, 5.74) is 3.56. The fraction of sp³-hybridized carbons (Fsp3) is 0.348. The zero-order valence-electron chi connectivity index (χ0n) is 17.8. The average Bonchev–Trinajstić information content (AvgIpc) is 2.74. The number of amides is 2. The molecule has 31 heavy (non-hydrogen) atoms. The van der Waals surface area contributed by atoms with Gasteiger partial charge in [0.15, 0.2) is 0 Å². The second-order valence-corrected chi connectivity index (χ2v) is 8.11. The number of hydrazone groups is 1. The molecule has 2 rings (SSSR count). The van der Waals surface area contributed by atoms with Crippen molar-refractivity contribution < 1.29 is 14.3 Å². The van der Waals surface area contributed by atoms with Gasteiger partial charge < -0.3 is 10.1 Å². The molecule has 0 heterocycles. The van der Waals surface area contributed by atoms with Gasteiger partial charge in [0.2, 0.25) is 0 Å². The maximum absolute atomic E-state index is 12.6. The molecule has 8 heteroatoms. The molecular weight excluding hydrogens is 437 g/mol. The van der Waals surface area contributed by atoms with E-state index in [1.807, 2.05) is 38.1 Å². The summed E-state index contributed by atoms with van der Waals surface area (Å²) in [4.78, 5) is 25.2. The van der Waals surface area contributed by atoms with Crippen LogP contribution in [0.25, 0.3) is 0 Å². The summed E-state index contributed by atoms with van der Waals surface area (Å²) in [6.45, 7) is 6.38. The van der Waals surface area contributed by atoms with Gasteiger partial charge in [0.05, 0.1) is 22.9 Å². The fourth-order valence-electron chi connectivity index (χ4n) is 2.68. The van der Waals surface area contributed by atoms with E-state index in [2.05, 4.69) is 22.8 Å². The molecule has 2 aromatic carbocycles. The first-order valence-corrected chi connectivity index (χ1v) is 10.9. The molecule has 0 aromatic heterocycles. The summed E-state index contributed by atoms with van der Waals surface area (Å²) in [5, 5.41) is 7.39. The first kappa shape index (κ1) is 24.7. The average molecular weight is 464 g/mol. The summed E-state index contributed by atoms with van der Waals surface area (Å²) in [6.07, 6.45) is 3.52. The monoisotopic (exact) mass is 463 g/mol. The molecule has 0 aliphatic heterocycles. The molecule has 0 fully saturated rings. The Morgan fingerprint density at radius 1 is 1.13 bits per heavy atom. The zero-order chi connectivity index (χ0) is 22.8. The van der Waals surface area contributed by atoms with E-state index in [1.54, 1.807) is 6.07 Å². The van der Waals surface area contributed by atoms with Crippen LogP contribution in [0, 0.1) is 5.92 Å². The number of halogens is 2. The molecule has 0 saturated heterocycles. The number of nitrogens with one attached hydrogen (secondary N) is 2. The lowest BCUT2D eigenvalue weighted by Gasteiger charge is -2.20. The van der Waals surface area contributed by atoms with E-state index in [4.69, 9.17) is 27.9 Å². The van der Waals surface area contributed by atoms with E-state index >= 15 is 0 Å². The van der Waals surface area contributed by atoms with Gasteiger partial charge in [-0.05, 0) is 42.7 Å². The Morgan fingerprint density at radius 2 is 1.87 bits per heavy atom. The third-order valence-electron chi connectivity index (χ3n) is 4.47. The predicted octanol–water partition coefficient (Wildman–Crippen LogP) is 5.08. The molecule has 0 radical (unpaired) electrons. The normalized spacial score (nSPS) is 12.1. The van der Waals surface area contributed by atoms with Gasteiger partial charge in [0.25, 0.3) is 11.8 Å². The Morgan fingerprint density at radius 3 is 2.55 bits per heavy atom. The van der Waals surface area contributed by atoms with Crippen molar-refractivity contribution in [1.29, 1.82) is 0 Å². The quantitative estimate of drug-likeness (QED) is 0.293. The number of hydrogen-bond acceptors (Lipinski definition) is 4. The number of benzene rings is 2. The first-order chi connectivity index (χ1) is 14.8. The van der Waals surface area contributed by atoms with E-state index in [-0.39, 0.29) is 10.9 Å². The van der Waals surface area contributed by atoms with Gasteiger partial charge >= 0.3 is 0 Å². The van der Waals surface area contributed by atoms with Crippen LogP contribution in [0.1, 0.15) is 49.5 Å². The lowest BCUT2D eigenvalue weighted by atomic mass is 10.0. The standard InChI is InChI=1S/C23H27Cl2N3O3/c1-4-5-12-31-20-9-7-6-8-17(20)14-26-28-23(30)21(15(2)3)27-22(29)16-10-11-18(24)19(25)13-16/h6-11,13-15,21H,4-5,12H2,1-3H3,(H,27,29)(H,28,30)/b26-14+. The van der Waals surface area contributed by atoms with Crippen molar-refractivity contribution in [3.05, 3.63) is 63.6 Å². The minimum absolute atomic E-state index is 0.161. The lowest BCUT2D eigenvalue weighted by Crippen LogP contribution is -2.48. The number of rotatable bonds is 10. The van der Waals surface area contributed by atoms with E-state index < -0.39 is 17.9 Å². The van der Waals surface area contributed by atoms with Gasteiger partial charge in [0.1, 0.15) is 11.8 Å². The van der Waals surface area contributed by atoms with E-state index in [1.165, 1.54) is 18.3 Å². The van der Waals surface area contributed by atoms with Crippen molar-refractivity contribution in [2.24, 2.45) is 11.0 Å². The highest BCUT2D eigenvalue weighted by Crippen LogP contribution is 2.22. The first-order valence-electron chi connectivity index (χ1n) is 10.1. The topological polar surface area (TPSA) is 79.8 Å². The van der Waals surface area contributed by atoms with Crippen LogP contribution < -0.4 is 15.5 Å². The van der Waals surface area contributed by atoms with Gasteiger partial charge in [-0.15, -0.1) is 0 Å². The van der Waals surface area contributed by atoms with Crippen molar-refractivity contribution in [3.63, 3.8) is 0 Å². The number of ether oxygens (including phenoxy) is 1. The van der Waals surface area contributed by atoms with Crippen LogP contribution in [-0.4, -0.2) is 30.7 Å². The molecule has 0 spiro atoms. The van der Waals surface area contributed by atoms with E-state index in [9.17, 15) is 9.59 Å². The second-order valence-electron chi connectivity index (χ2n) is 7.30. The Balaban J connectivity index is 2.03. The smallest absolute Gasteiger partial charge is 0.262 e. The van der Waals surface area contributed by atoms with Crippen molar-refractivity contribution in [2.45, 2.75) is 39.7 Å². The van der Waals surface area contributed by atoms with Crippen LogP contribution in [-0.2, 0) is 4.79 Å². The highest BCUT2D eigenvalue weighted by atomic mass is 35.5. The molecule has 1 atom stereocenters. The number of para-hydroxylation sites is 1. The van der Waals surface area contributed by atoms with Crippen LogP contribution in [0.3, 0.4) is 0 Å². The summed E-state index contributed by atoms with van der Waals surface area (Å²) < 4.78 is 5.76. The third-order valence-corrected chi connectivity index (χ3v) is 5.21. The Kier molecular flexibility index (Phi) is 9.82. The Bertz CT molecular complexity index is 932. The van der Waals surface area contributed by atoms with Gasteiger partial charge in [0, 0.05) is 11.1 Å².